The third kappa shape index (κ3) is 6.63. The Kier molecular flexibility index (Phi) is 8.39. The fraction of sp³-hybridized carbons (Fsp3) is 0.130. The van der Waals surface area contributed by atoms with E-state index in [1.54, 1.807) is 43.5 Å². The van der Waals surface area contributed by atoms with Crippen LogP contribution in [0.3, 0.4) is 0 Å². The average molecular weight is 537 g/mol. The first kappa shape index (κ1) is 23.9. The lowest BCUT2D eigenvalue weighted by atomic mass is 10.2. The number of hydrazone groups is 1. The van der Waals surface area contributed by atoms with Crippen molar-refractivity contribution in [2.24, 2.45) is 5.10 Å². The average Bonchev–Trinajstić information content (AvgIpc) is 2.76. The van der Waals surface area contributed by atoms with E-state index in [0.29, 0.717) is 27.2 Å². The Morgan fingerprint density at radius 2 is 1.91 bits per heavy atom. The number of anilines is 1. The van der Waals surface area contributed by atoms with Gasteiger partial charge in [0, 0.05) is 25.8 Å². The Hall–Kier alpha value is -2.74. The van der Waals surface area contributed by atoms with Crippen molar-refractivity contribution in [2.75, 3.05) is 12.4 Å². The van der Waals surface area contributed by atoms with Gasteiger partial charge < -0.3 is 14.8 Å². The quantitative estimate of drug-likeness (QED) is 0.257. The normalized spacial score (nSPS) is 10.8. The topological polar surface area (TPSA) is 72.0 Å². The molecule has 0 aliphatic carbocycles. The number of halogens is 3. The lowest BCUT2D eigenvalue weighted by Crippen LogP contribution is -2.24. The van der Waals surface area contributed by atoms with E-state index in [1.165, 1.54) is 6.21 Å². The van der Waals surface area contributed by atoms with Crippen molar-refractivity contribution in [3.05, 3.63) is 85.8 Å². The van der Waals surface area contributed by atoms with Crippen molar-refractivity contribution < 1.29 is 14.3 Å². The fourth-order valence-electron chi connectivity index (χ4n) is 2.72. The largest absolute Gasteiger partial charge is 0.493 e. The first-order valence-corrected chi connectivity index (χ1v) is 11.0. The van der Waals surface area contributed by atoms with E-state index >= 15 is 0 Å². The fourth-order valence-corrected chi connectivity index (χ4v) is 3.43. The molecule has 2 N–H and O–H groups in total. The van der Waals surface area contributed by atoms with Crippen LogP contribution in [0, 0.1) is 6.92 Å². The summed E-state index contributed by atoms with van der Waals surface area (Å²) >= 11 is 15.5. The molecule has 0 fully saturated rings. The molecule has 0 saturated carbocycles. The molecule has 32 heavy (non-hydrogen) atoms. The smallest absolute Gasteiger partial charge is 0.339 e. The summed E-state index contributed by atoms with van der Waals surface area (Å²) < 4.78 is 12.2. The van der Waals surface area contributed by atoms with Crippen LogP contribution in [0.15, 0.2) is 64.2 Å². The van der Waals surface area contributed by atoms with Crippen molar-refractivity contribution in [2.45, 2.75) is 13.5 Å². The molecule has 0 atom stereocenters. The van der Waals surface area contributed by atoms with Gasteiger partial charge in [-0.05, 0) is 66.6 Å². The van der Waals surface area contributed by atoms with E-state index in [-0.39, 0.29) is 6.61 Å². The van der Waals surface area contributed by atoms with Crippen LogP contribution in [-0.4, -0.2) is 19.4 Å². The highest BCUT2D eigenvalue weighted by Gasteiger charge is 2.08. The number of carbonyl (C=O) groups is 1. The third-order valence-corrected chi connectivity index (χ3v) is 5.86. The van der Waals surface area contributed by atoms with Gasteiger partial charge in [-0.25, -0.2) is 10.2 Å². The summed E-state index contributed by atoms with van der Waals surface area (Å²) in [6.45, 7) is 2.20. The van der Waals surface area contributed by atoms with Crippen molar-refractivity contribution >= 4 is 57.1 Å². The van der Waals surface area contributed by atoms with Crippen molar-refractivity contribution in [3.63, 3.8) is 0 Å². The summed E-state index contributed by atoms with van der Waals surface area (Å²) in [5, 5.41) is 7.79. The Balaban J connectivity index is 1.59. The maximum Gasteiger partial charge on any atom is 0.339 e. The zero-order valence-corrected chi connectivity index (χ0v) is 20.4. The number of hydrogen-bond donors (Lipinski definition) is 2. The summed E-state index contributed by atoms with van der Waals surface area (Å²) in [5.41, 5.74) is 5.64. The number of urea groups is 1. The predicted molar refractivity (Wildman–Crippen MR) is 132 cm³/mol. The molecule has 0 unspecified atom stereocenters. The number of ether oxygens (including phenoxy) is 2. The zero-order chi connectivity index (χ0) is 23.1. The van der Waals surface area contributed by atoms with Crippen LogP contribution in [0.2, 0.25) is 10.0 Å². The van der Waals surface area contributed by atoms with Crippen molar-refractivity contribution in [1.29, 1.82) is 0 Å². The number of methoxy groups -OCH3 is 1. The Morgan fingerprint density at radius 1 is 1.09 bits per heavy atom. The number of nitrogens with zero attached hydrogens (tertiary/aromatic N) is 1. The van der Waals surface area contributed by atoms with E-state index in [0.717, 1.165) is 21.2 Å². The monoisotopic (exact) mass is 535 g/mol. The van der Waals surface area contributed by atoms with Gasteiger partial charge in [0.1, 0.15) is 6.61 Å². The van der Waals surface area contributed by atoms with Crippen LogP contribution in [0.25, 0.3) is 0 Å². The maximum atomic E-state index is 12.0. The Labute approximate surface area is 204 Å². The van der Waals surface area contributed by atoms with E-state index in [1.807, 2.05) is 25.1 Å². The molecule has 9 heteroatoms. The minimum absolute atomic E-state index is 0.261. The molecule has 0 saturated heterocycles. The van der Waals surface area contributed by atoms with Crippen LogP contribution in [-0.2, 0) is 6.61 Å². The molecule has 0 aromatic heterocycles. The number of nitrogens with one attached hydrogen (secondary N) is 2. The summed E-state index contributed by atoms with van der Waals surface area (Å²) in [7, 11) is 1.55. The molecule has 166 valence electrons. The van der Waals surface area contributed by atoms with Crippen LogP contribution in [0.5, 0.6) is 11.5 Å². The molecule has 0 heterocycles. The molecule has 3 aromatic rings. The van der Waals surface area contributed by atoms with Gasteiger partial charge >= 0.3 is 6.03 Å². The highest BCUT2D eigenvalue weighted by molar-refractivity contribution is 9.10. The molecular weight excluding hydrogens is 517 g/mol. The van der Waals surface area contributed by atoms with Crippen LogP contribution in [0.4, 0.5) is 10.5 Å². The standard InChI is InChI=1S/C23H20BrCl2N3O3/c1-14-9-18(6-7-19(14)24)28-23(30)29-27-12-15-3-8-21(22(10-15)31-2)32-13-16-4-5-17(25)11-20(16)26/h3-12H,13H2,1-2H3,(H2,28,29,30)/b27-12+. The number of amides is 2. The summed E-state index contributed by atoms with van der Waals surface area (Å²) in [5.74, 6) is 1.07. The predicted octanol–water partition coefficient (Wildman–Crippen LogP) is 6.81. The molecule has 0 bridgehead atoms. The molecule has 0 radical (unpaired) electrons. The summed E-state index contributed by atoms with van der Waals surface area (Å²) in [6, 6.07) is 15.6. The maximum absolute atomic E-state index is 12.0. The van der Waals surface area contributed by atoms with Crippen LogP contribution in [0.1, 0.15) is 16.7 Å². The number of carbonyl (C=O) groups excluding carboxylic acids is 1. The van der Waals surface area contributed by atoms with Gasteiger partial charge in [-0.1, -0.05) is 45.2 Å². The number of benzene rings is 3. The lowest BCUT2D eigenvalue weighted by molar-refractivity contribution is 0.252. The number of aryl methyl sites for hydroxylation is 1. The molecule has 0 spiro atoms. The summed E-state index contributed by atoms with van der Waals surface area (Å²) in [6.07, 6.45) is 1.51. The Morgan fingerprint density at radius 3 is 2.62 bits per heavy atom. The summed E-state index contributed by atoms with van der Waals surface area (Å²) in [4.78, 5) is 12.0. The number of hydrogen-bond acceptors (Lipinski definition) is 4. The van der Waals surface area contributed by atoms with Crippen LogP contribution >= 0.6 is 39.1 Å². The molecule has 0 aliphatic heterocycles. The van der Waals surface area contributed by atoms with Gasteiger partial charge in [-0.15, -0.1) is 0 Å². The van der Waals surface area contributed by atoms with E-state index in [9.17, 15) is 4.79 Å². The molecule has 3 aromatic carbocycles. The second kappa shape index (κ2) is 11.2. The first-order valence-electron chi connectivity index (χ1n) is 9.46. The second-order valence-corrected chi connectivity index (χ2v) is 8.42. The van der Waals surface area contributed by atoms with E-state index < -0.39 is 6.03 Å². The second-order valence-electron chi connectivity index (χ2n) is 6.72. The van der Waals surface area contributed by atoms with Gasteiger partial charge in [0.25, 0.3) is 0 Å². The molecule has 3 rings (SSSR count). The van der Waals surface area contributed by atoms with E-state index in [4.69, 9.17) is 32.7 Å². The molecule has 6 nitrogen and oxygen atoms in total. The Bertz CT molecular complexity index is 1160. The van der Waals surface area contributed by atoms with Crippen LogP contribution < -0.4 is 20.2 Å². The molecule has 2 amide bonds. The first-order chi connectivity index (χ1) is 15.4. The lowest BCUT2D eigenvalue weighted by Gasteiger charge is -2.12. The van der Waals surface area contributed by atoms with Gasteiger partial charge in [-0.2, -0.15) is 5.10 Å². The SMILES string of the molecule is COc1cc(/C=N/NC(=O)Nc2ccc(Br)c(C)c2)ccc1OCc1ccc(Cl)cc1Cl. The number of rotatable bonds is 7. The molecule has 0 aliphatic rings. The van der Waals surface area contributed by atoms with Gasteiger partial charge in [0.2, 0.25) is 0 Å². The molecular formula is C23H20BrCl2N3O3. The minimum Gasteiger partial charge on any atom is -0.493 e. The third-order valence-electron chi connectivity index (χ3n) is 4.38. The van der Waals surface area contributed by atoms with Crippen molar-refractivity contribution in [3.8, 4) is 11.5 Å². The van der Waals surface area contributed by atoms with E-state index in [2.05, 4.69) is 31.8 Å². The zero-order valence-electron chi connectivity index (χ0n) is 17.3. The highest BCUT2D eigenvalue weighted by Crippen LogP contribution is 2.30. The van der Waals surface area contributed by atoms with Gasteiger partial charge in [-0.3, -0.25) is 0 Å². The minimum atomic E-state index is -0.449. The van der Waals surface area contributed by atoms with Crippen molar-refractivity contribution in [1.82, 2.24) is 5.43 Å². The van der Waals surface area contributed by atoms with Gasteiger partial charge in [0.05, 0.1) is 13.3 Å². The highest BCUT2D eigenvalue weighted by atomic mass is 79.9. The van der Waals surface area contributed by atoms with Gasteiger partial charge in [0.15, 0.2) is 11.5 Å².